The van der Waals surface area contributed by atoms with E-state index < -0.39 is 15.9 Å². The number of halogens is 1. The first-order valence-electron chi connectivity index (χ1n) is 8.13. The van der Waals surface area contributed by atoms with Gasteiger partial charge in [0.05, 0.1) is 18.2 Å². The lowest BCUT2D eigenvalue weighted by molar-refractivity contribution is 0.0730. The van der Waals surface area contributed by atoms with Gasteiger partial charge in [-0.2, -0.15) is 4.31 Å². The standard InChI is InChI=1S/C18H19ClN2O4S/c1-13-3-2-4-15(11-13)20-18(22)14-5-6-16(19)17(12-14)26(23,24)21-7-9-25-10-8-21/h2-6,11-12H,7-10H2,1H3,(H,20,22). The Morgan fingerprint density at radius 2 is 1.88 bits per heavy atom. The van der Waals surface area contributed by atoms with E-state index in [1.165, 1.54) is 22.5 Å². The highest BCUT2D eigenvalue weighted by molar-refractivity contribution is 7.89. The number of rotatable bonds is 4. The van der Waals surface area contributed by atoms with Gasteiger partial charge in [-0.25, -0.2) is 8.42 Å². The molecule has 0 spiro atoms. The fourth-order valence-electron chi connectivity index (χ4n) is 2.69. The molecule has 1 fully saturated rings. The van der Waals surface area contributed by atoms with Crippen LogP contribution in [-0.2, 0) is 14.8 Å². The van der Waals surface area contributed by atoms with Crippen molar-refractivity contribution in [3.05, 3.63) is 58.6 Å². The average Bonchev–Trinajstić information content (AvgIpc) is 2.62. The molecule has 0 aromatic heterocycles. The maximum absolute atomic E-state index is 12.8. The number of amides is 1. The number of nitrogens with zero attached hydrogens (tertiary/aromatic N) is 1. The summed E-state index contributed by atoms with van der Waals surface area (Å²) in [6, 6.07) is 11.6. The van der Waals surface area contributed by atoms with Crippen molar-refractivity contribution in [2.75, 3.05) is 31.6 Å². The van der Waals surface area contributed by atoms with Gasteiger partial charge in [0.2, 0.25) is 10.0 Å². The normalized spacial score (nSPS) is 15.6. The van der Waals surface area contributed by atoms with Gasteiger partial charge < -0.3 is 10.1 Å². The number of sulfonamides is 1. The predicted molar refractivity (Wildman–Crippen MR) is 100 cm³/mol. The van der Waals surface area contributed by atoms with Crippen molar-refractivity contribution in [2.24, 2.45) is 0 Å². The van der Waals surface area contributed by atoms with Gasteiger partial charge in [-0.3, -0.25) is 4.79 Å². The van der Waals surface area contributed by atoms with Crippen molar-refractivity contribution in [2.45, 2.75) is 11.8 Å². The third kappa shape index (κ3) is 4.07. The molecular formula is C18H19ClN2O4S. The van der Waals surface area contributed by atoms with Crippen LogP contribution in [-0.4, -0.2) is 44.9 Å². The number of morpholine rings is 1. The van der Waals surface area contributed by atoms with Gasteiger partial charge in [-0.1, -0.05) is 23.7 Å². The van der Waals surface area contributed by atoms with Crippen LogP contribution in [0.15, 0.2) is 47.4 Å². The summed E-state index contributed by atoms with van der Waals surface area (Å²) >= 11 is 6.12. The first kappa shape index (κ1) is 18.8. The Balaban J connectivity index is 1.88. The second-order valence-corrected chi connectivity index (χ2v) is 8.30. The molecule has 0 atom stereocenters. The van der Waals surface area contributed by atoms with E-state index in [9.17, 15) is 13.2 Å². The molecule has 3 rings (SSSR count). The molecule has 1 aliphatic heterocycles. The number of nitrogens with one attached hydrogen (secondary N) is 1. The predicted octanol–water partition coefficient (Wildman–Crippen LogP) is 2.92. The molecule has 1 saturated heterocycles. The second-order valence-electron chi connectivity index (χ2n) is 5.99. The second kappa shape index (κ2) is 7.75. The molecule has 0 aliphatic carbocycles. The van der Waals surface area contributed by atoms with Crippen LogP contribution in [0, 0.1) is 6.92 Å². The number of carbonyl (C=O) groups is 1. The molecule has 2 aromatic rings. The van der Waals surface area contributed by atoms with Crippen molar-refractivity contribution >= 4 is 33.2 Å². The molecule has 8 heteroatoms. The molecule has 0 radical (unpaired) electrons. The van der Waals surface area contributed by atoms with E-state index in [1.54, 1.807) is 6.07 Å². The lowest BCUT2D eigenvalue weighted by Gasteiger charge is -2.26. The van der Waals surface area contributed by atoms with Crippen molar-refractivity contribution in [1.82, 2.24) is 4.31 Å². The molecule has 0 bridgehead atoms. The topological polar surface area (TPSA) is 75.7 Å². The van der Waals surface area contributed by atoms with Crippen LogP contribution in [0.4, 0.5) is 5.69 Å². The highest BCUT2D eigenvalue weighted by Crippen LogP contribution is 2.27. The Kier molecular flexibility index (Phi) is 5.62. The lowest BCUT2D eigenvalue weighted by Crippen LogP contribution is -2.40. The molecule has 1 aliphatic rings. The van der Waals surface area contributed by atoms with Gasteiger partial charge in [0, 0.05) is 24.3 Å². The minimum atomic E-state index is -3.79. The van der Waals surface area contributed by atoms with Crippen LogP contribution in [0.3, 0.4) is 0 Å². The van der Waals surface area contributed by atoms with Gasteiger partial charge in [-0.05, 0) is 42.8 Å². The van der Waals surface area contributed by atoms with E-state index in [1.807, 2.05) is 25.1 Å². The third-order valence-electron chi connectivity index (χ3n) is 4.06. The van der Waals surface area contributed by atoms with E-state index in [0.717, 1.165) is 5.56 Å². The van der Waals surface area contributed by atoms with Gasteiger partial charge in [0.1, 0.15) is 4.90 Å². The minimum Gasteiger partial charge on any atom is -0.379 e. The summed E-state index contributed by atoms with van der Waals surface area (Å²) in [5.41, 5.74) is 1.87. The largest absolute Gasteiger partial charge is 0.379 e. The third-order valence-corrected chi connectivity index (χ3v) is 6.44. The molecule has 26 heavy (non-hydrogen) atoms. The molecule has 1 heterocycles. The van der Waals surface area contributed by atoms with Gasteiger partial charge in [0.25, 0.3) is 5.91 Å². The average molecular weight is 395 g/mol. The van der Waals surface area contributed by atoms with Gasteiger partial charge in [0.15, 0.2) is 0 Å². The Morgan fingerprint density at radius 1 is 1.15 bits per heavy atom. The molecule has 0 saturated carbocycles. The van der Waals surface area contributed by atoms with E-state index in [-0.39, 0.29) is 28.6 Å². The van der Waals surface area contributed by atoms with E-state index in [4.69, 9.17) is 16.3 Å². The molecule has 6 nitrogen and oxygen atoms in total. The SMILES string of the molecule is Cc1cccc(NC(=O)c2ccc(Cl)c(S(=O)(=O)N3CCOCC3)c2)c1. The number of anilines is 1. The van der Waals surface area contributed by atoms with Crippen LogP contribution < -0.4 is 5.32 Å². The van der Waals surface area contributed by atoms with Crippen LogP contribution in [0.5, 0.6) is 0 Å². The summed E-state index contributed by atoms with van der Waals surface area (Å²) in [7, 11) is -3.79. The number of carbonyl (C=O) groups excluding carboxylic acids is 1. The summed E-state index contributed by atoms with van der Waals surface area (Å²) in [5.74, 6) is -0.398. The zero-order chi connectivity index (χ0) is 18.7. The van der Waals surface area contributed by atoms with Gasteiger partial charge >= 0.3 is 0 Å². The summed E-state index contributed by atoms with van der Waals surface area (Å²) < 4.78 is 32.2. The molecule has 138 valence electrons. The molecule has 1 amide bonds. The highest BCUT2D eigenvalue weighted by atomic mass is 35.5. The Hall–Kier alpha value is -1.93. The summed E-state index contributed by atoms with van der Waals surface area (Å²) in [6.45, 7) is 3.12. The minimum absolute atomic E-state index is 0.0713. The maximum atomic E-state index is 12.8. The quantitative estimate of drug-likeness (QED) is 0.865. The smallest absolute Gasteiger partial charge is 0.255 e. The zero-order valence-corrected chi connectivity index (χ0v) is 15.8. The van der Waals surface area contributed by atoms with Crippen LogP contribution >= 0.6 is 11.6 Å². The molecule has 0 unspecified atom stereocenters. The van der Waals surface area contributed by atoms with Crippen molar-refractivity contribution in [3.8, 4) is 0 Å². The Bertz CT molecular complexity index is 925. The van der Waals surface area contributed by atoms with Crippen LogP contribution in [0.1, 0.15) is 15.9 Å². The fraction of sp³-hybridized carbons (Fsp3) is 0.278. The monoisotopic (exact) mass is 394 g/mol. The highest BCUT2D eigenvalue weighted by Gasteiger charge is 2.29. The fourth-order valence-corrected chi connectivity index (χ4v) is 4.60. The summed E-state index contributed by atoms with van der Waals surface area (Å²) in [4.78, 5) is 12.4. The van der Waals surface area contributed by atoms with Crippen molar-refractivity contribution in [1.29, 1.82) is 0 Å². The molecule has 2 aromatic carbocycles. The van der Waals surface area contributed by atoms with E-state index in [0.29, 0.717) is 18.9 Å². The van der Waals surface area contributed by atoms with Crippen molar-refractivity contribution in [3.63, 3.8) is 0 Å². The number of hydrogen-bond donors (Lipinski definition) is 1. The number of aryl methyl sites for hydroxylation is 1. The van der Waals surface area contributed by atoms with Crippen LogP contribution in [0.2, 0.25) is 5.02 Å². The Labute approximate surface area is 157 Å². The number of ether oxygens (including phenoxy) is 1. The summed E-state index contributed by atoms with van der Waals surface area (Å²) in [6.07, 6.45) is 0. The van der Waals surface area contributed by atoms with Crippen molar-refractivity contribution < 1.29 is 17.9 Å². The maximum Gasteiger partial charge on any atom is 0.255 e. The lowest BCUT2D eigenvalue weighted by atomic mass is 10.2. The zero-order valence-electron chi connectivity index (χ0n) is 14.2. The molecule has 1 N–H and O–H groups in total. The van der Waals surface area contributed by atoms with E-state index >= 15 is 0 Å². The first-order chi connectivity index (χ1) is 12.4. The number of hydrogen-bond acceptors (Lipinski definition) is 4. The van der Waals surface area contributed by atoms with Gasteiger partial charge in [-0.15, -0.1) is 0 Å². The summed E-state index contributed by atoms with van der Waals surface area (Å²) in [5, 5.41) is 2.85. The number of benzene rings is 2. The Morgan fingerprint density at radius 3 is 2.58 bits per heavy atom. The first-order valence-corrected chi connectivity index (χ1v) is 9.95. The molecular weight excluding hydrogens is 376 g/mol. The van der Waals surface area contributed by atoms with E-state index in [2.05, 4.69) is 5.32 Å². The van der Waals surface area contributed by atoms with Crippen LogP contribution in [0.25, 0.3) is 0 Å².